The lowest BCUT2D eigenvalue weighted by molar-refractivity contribution is -0.130. The van der Waals surface area contributed by atoms with Crippen LogP contribution in [-0.4, -0.2) is 52.1 Å². The van der Waals surface area contributed by atoms with Crippen LogP contribution in [0.4, 0.5) is 5.69 Å². The fourth-order valence-corrected chi connectivity index (χ4v) is 4.18. The van der Waals surface area contributed by atoms with Crippen molar-refractivity contribution in [3.63, 3.8) is 0 Å². The summed E-state index contributed by atoms with van der Waals surface area (Å²) in [4.78, 5) is 14.4. The molecule has 1 aromatic rings. The van der Waals surface area contributed by atoms with Crippen molar-refractivity contribution in [1.29, 1.82) is 0 Å². The van der Waals surface area contributed by atoms with Crippen LogP contribution in [0.25, 0.3) is 0 Å². The summed E-state index contributed by atoms with van der Waals surface area (Å²) in [5.74, 6) is 1.49. The standard InChI is InChI=1S/C18H20ClN3O3S/c1-3-6-20-17(25)11-8-13(23)16(24)14-15(11)22(18(26)21-14)10-5-4-9(2)12(19)7-10/h1,4-5,7,11,13-16,23-24H,6,8H2,2H3,(H,20,25)(H,21,26). The number of nitrogens with zero attached hydrogens (tertiary/aromatic N) is 1. The zero-order chi connectivity index (χ0) is 19.0. The van der Waals surface area contributed by atoms with Crippen molar-refractivity contribution in [2.24, 2.45) is 5.92 Å². The number of benzene rings is 1. The van der Waals surface area contributed by atoms with Crippen molar-refractivity contribution in [1.82, 2.24) is 10.6 Å². The van der Waals surface area contributed by atoms with Crippen molar-refractivity contribution < 1.29 is 15.0 Å². The summed E-state index contributed by atoms with van der Waals surface area (Å²) in [7, 11) is 0. The highest BCUT2D eigenvalue weighted by molar-refractivity contribution is 7.80. The van der Waals surface area contributed by atoms with Gasteiger partial charge in [-0.2, -0.15) is 0 Å². The molecule has 4 N–H and O–H groups in total. The fourth-order valence-electron chi connectivity index (χ4n) is 3.64. The van der Waals surface area contributed by atoms with Gasteiger partial charge in [0.2, 0.25) is 5.91 Å². The molecule has 1 saturated carbocycles. The van der Waals surface area contributed by atoms with Crippen molar-refractivity contribution in [2.45, 2.75) is 37.6 Å². The number of aliphatic hydroxyl groups is 2. The lowest BCUT2D eigenvalue weighted by Gasteiger charge is -2.41. The normalized spacial score (nSPS) is 30.3. The molecule has 6 nitrogen and oxygen atoms in total. The van der Waals surface area contributed by atoms with Gasteiger partial charge < -0.3 is 25.7 Å². The second-order valence-corrected chi connectivity index (χ2v) is 7.39. The zero-order valence-corrected chi connectivity index (χ0v) is 15.7. The zero-order valence-electron chi connectivity index (χ0n) is 14.1. The van der Waals surface area contributed by atoms with Crippen LogP contribution in [0.2, 0.25) is 5.02 Å². The number of fused-ring (bicyclic) bond motifs is 1. The molecule has 0 aromatic heterocycles. The van der Waals surface area contributed by atoms with Crippen LogP contribution in [-0.2, 0) is 4.79 Å². The van der Waals surface area contributed by atoms with Gasteiger partial charge in [-0.1, -0.05) is 23.6 Å². The molecule has 26 heavy (non-hydrogen) atoms. The number of halogens is 1. The van der Waals surface area contributed by atoms with Crippen LogP contribution in [0.3, 0.4) is 0 Å². The second-order valence-electron chi connectivity index (χ2n) is 6.59. The fraction of sp³-hybridized carbons (Fsp3) is 0.444. The number of thiocarbonyl (C=S) groups is 1. The van der Waals surface area contributed by atoms with Gasteiger partial charge in [-0.3, -0.25) is 4.79 Å². The van der Waals surface area contributed by atoms with Crippen LogP contribution < -0.4 is 15.5 Å². The average Bonchev–Trinajstić information content (AvgIpc) is 2.95. The van der Waals surface area contributed by atoms with E-state index in [4.69, 9.17) is 30.2 Å². The number of rotatable bonds is 3. The molecular formula is C18H20ClN3O3S. The Balaban J connectivity index is 1.99. The Kier molecular flexibility index (Phi) is 5.39. The maximum atomic E-state index is 12.6. The maximum absolute atomic E-state index is 12.6. The number of aryl methyl sites for hydroxylation is 1. The van der Waals surface area contributed by atoms with Gasteiger partial charge in [-0.15, -0.1) is 6.42 Å². The first-order chi connectivity index (χ1) is 12.3. The predicted octanol–water partition coefficient (Wildman–Crippen LogP) is 0.571. The number of hydrogen-bond donors (Lipinski definition) is 4. The third kappa shape index (κ3) is 3.26. The molecule has 5 unspecified atom stereocenters. The van der Waals surface area contributed by atoms with Crippen LogP contribution in [0.1, 0.15) is 12.0 Å². The molecule has 3 rings (SSSR count). The van der Waals surface area contributed by atoms with Crippen molar-refractivity contribution in [3.05, 3.63) is 28.8 Å². The SMILES string of the molecule is C#CCNC(=O)C1CC(O)C(O)C2NC(=S)N(c3ccc(C)c(Cl)c3)C12. The molecule has 8 heteroatoms. The largest absolute Gasteiger partial charge is 0.390 e. The van der Waals surface area contributed by atoms with E-state index in [1.54, 1.807) is 11.0 Å². The monoisotopic (exact) mass is 393 g/mol. The number of amides is 1. The summed E-state index contributed by atoms with van der Waals surface area (Å²) < 4.78 is 0. The van der Waals surface area contributed by atoms with Crippen LogP contribution in [0, 0.1) is 25.2 Å². The molecule has 1 amide bonds. The van der Waals surface area contributed by atoms with E-state index in [1.165, 1.54) is 0 Å². The minimum Gasteiger partial charge on any atom is -0.390 e. The molecular weight excluding hydrogens is 374 g/mol. The number of carbonyl (C=O) groups is 1. The van der Waals surface area contributed by atoms with Crippen molar-refractivity contribution >= 4 is 40.5 Å². The smallest absolute Gasteiger partial charge is 0.226 e. The van der Waals surface area contributed by atoms with Gasteiger partial charge in [0, 0.05) is 10.7 Å². The van der Waals surface area contributed by atoms with Gasteiger partial charge in [-0.05, 0) is 43.3 Å². The maximum Gasteiger partial charge on any atom is 0.226 e. The van der Waals surface area contributed by atoms with Gasteiger partial charge >= 0.3 is 0 Å². The Morgan fingerprint density at radius 1 is 1.54 bits per heavy atom. The number of anilines is 1. The highest BCUT2D eigenvalue weighted by atomic mass is 35.5. The molecule has 1 heterocycles. The summed E-state index contributed by atoms with van der Waals surface area (Å²) in [5.41, 5.74) is 1.65. The average molecular weight is 394 g/mol. The minimum atomic E-state index is -1.04. The number of nitrogens with one attached hydrogen (secondary N) is 2. The number of aliphatic hydroxyl groups excluding tert-OH is 2. The quantitative estimate of drug-likeness (QED) is 0.444. The molecule has 5 atom stereocenters. The van der Waals surface area contributed by atoms with Gasteiger partial charge in [0.05, 0.1) is 30.7 Å². The Morgan fingerprint density at radius 2 is 2.27 bits per heavy atom. The predicted molar refractivity (Wildman–Crippen MR) is 104 cm³/mol. The highest BCUT2D eigenvalue weighted by Crippen LogP contribution is 2.37. The Labute approximate surface area is 162 Å². The minimum absolute atomic E-state index is 0.0968. The summed E-state index contributed by atoms with van der Waals surface area (Å²) in [6.45, 7) is 1.99. The molecule has 138 valence electrons. The van der Waals surface area contributed by atoms with Crippen molar-refractivity contribution in [3.8, 4) is 12.3 Å². The molecule has 2 fully saturated rings. The summed E-state index contributed by atoms with van der Waals surface area (Å²) in [6, 6.07) is 4.48. The Bertz CT molecular complexity index is 781. The molecule has 0 radical (unpaired) electrons. The Morgan fingerprint density at radius 3 is 2.92 bits per heavy atom. The van der Waals surface area contributed by atoms with E-state index in [9.17, 15) is 15.0 Å². The first-order valence-corrected chi connectivity index (χ1v) is 9.07. The highest BCUT2D eigenvalue weighted by Gasteiger charge is 2.53. The first kappa shape index (κ1) is 18.9. The van der Waals surface area contributed by atoms with Crippen LogP contribution in [0.15, 0.2) is 18.2 Å². The topological polar surface area (TPSA) is 84.8 Å². The molecule has 2 aliphatic rings. The van der Waals surface area contributed by atoms with E-state index in [-0.39, 0.29) is 18.9 Å². The van der Waals surface area contributed by atoms with Gasteiger partial charge in [0.15, 0.2) is 5.11 Å². The lowest BCUT2D eigenvalue weighted by Crippen LogP contribution is -2.61. The third-order valence-electron chi connectivity index (χ3n) is 4.98. The summed E-state index contributed by atoms with van der Waals surface area (Å²) in [5, 5.41) is 27.3. The van der Waals surface area contributed by atoms with E-state index in [0.29, 0.717) is 10.1 Å². The number of hydrogen-bond acceptors (Lipinski definition) is 4. The molecule has 1 aromatic carbocycles. The lowest BCUT2D eigenvalue weighted by atomic mass is 9.77. The molecule has 0 spiro atoms. The van der Waals surface area contributed by atoms with E-state index in [0.717, 1.165) is 11.3 Å². The van der Waals surface area contributed by atoms with E-state index >= 15 is 0 Å². The van der Waals surface area contributed by atoms with E-state index < -0.39 is 30.2 Å². The summed E-state index contributed by atoms with van der Waals surface area (Å²) >= 11 is 11.7. The van der Waals surface area contributed by atoms with Gasteiger partial charge in [-0.25, -0.2) is 0 Å². The Hall–Kier alpha value is -1.85. The molecule has 1 aliphatic heterocycles. The van der Waals surface area contributed by atoms with Gasteiger partial charge in [0.25, 0.3) is 0 Å². The van der Waals surface area contributed by atoms with Crippen LogP contribution in [0.5, 0.6) is 0 Å². The van der Waals surface area contributed by atoms with Crippen LogP contribution >= 0.6 is 23.8 Å². The molecule has 1 aliphatic carbocycles. The van der Waals surface area contributed by atoms with Gasteiger partial charge in [0.1, 0.15) is 6.10 Å². The first-order valence-electron chi connectivity index (χ1n) is 8.28. The van der Waals surface area contributed by atoms with Crippen molar-refractivity contribution in [2.75, 3.05) is 11.4 Å². The number of terminal acetylenes is 1. The summed E-state index contributed by atoms with van der Waals surface area (Å²) in [6.07, 6.45) is 3.26. The molecule has 1 saturated heterocycles. The number of carbonyl (C=O) groups excluding carboxylic acids is 1. The third-order valence-corrected chi connectivity index (χ3v) is 5.70. The van der Waals surface area contributed by atoms with E-state index in [1.807, 2.05) is 19.1 Å². The van der Waals surface area contributed by atoms with E-state index in [2.05, 4.69) is 16.6 Å². The second kappa shape index (κ2) is 7.41. The molecule has 0 bridgehead atoms.